The Balaban J connectivity index is 2.72. The number of halogens is 3. The molecule has 128 valence electrons. The zero-order valence-corrected chi connectivity index (χ0v) is 13.8. The normalized spacial score (nSPS) is 12.3. The largest absolute Gasteiger partial charge is 0.418 e. The van der Waals surface area contributed by atoms with Crippen molar-refractivity contribution in [2.24, 2.45) is 4.99 Å². The van der Waals surface area contributed by atoms with Crippen LogP contribution in [0.2, 0.25) is 0 Å². The van der Waals surface area contributed by atoms with Crippen molar-refractivity contribution < 1.29 is 27.5 Å². The molecule has 1 aromatic carbocycles. The molecular weight excluding hydrogens is 345 g/mol. The molecule has 0 N–H and O–H groups in total. The maximum absolute atomic E-state index is 13.1. The van der Waals surface area contributed by atoms with E-state index in [-0.39, 0.29) is 16.4 Å². The van der Waals surface area contributed by atoms with Crippen LogP contribution in [0.5, 0.6) is 5.88 Å². The fraction of sp³-hybridized carbons (Fsp3) is 0.267. The lowest BCUT2D eigenvalue weighted by molar-refractivity contribution is -0.137. The van der Waals surface area contributed by atoms with Crippen molar-refractivity contribution in [3.8, 4) is 5.88 Å². The third-order valence-corrected chi connectivity index (χ3v) is 3.86. The maximum atomic E-state index is 13.1. The van der Waals surface area contributed by atoms with Crippen LogP contribution in [0, 0.1) is 6.92 Å². The molecule has 0 atom stereocenters. The molecule has 1 aromatic heterocycles. The minimum atomic E-state index is -4.58. The first-order chi connectivity index (χ1) is 11.1. The van der Waals surface area contributed by atoms with Crippen LogP contribution < -0.4 is 9.54 Å². The van der Waals surface area contributed by atoms with Gasteiger partial charge in [0.1, 0.15) is 0 Å². The molecule has 0 aliphatic heterocycles. The number of alkyl halides is 3. The molecule has 0 aliphatic carbocycles. The molecule has 0 radical (unpaired) electrons. The molecule has 0 unspecified atom stereocenters. The summed E-state index contributed by atoms with van der Waals surface area (Å²) in [6, 6.07) is 4.78. The van der Waals surface area contributed by atoms with Crippen molar-refractivity contribution >= 4 is 28.9 Å². The highest BCUT2D eigenvalue weighted by Gasteiger charge is 2.33. The molecule has 2 aromatic rings. The Kier molecular flexibility index (Phi) is 4.93. The van der Waals surface area contributed by atoms with Crippen LogP contribution in [0.25, 0.3) is 0 Å². The van der Waals surface area contributed by atoms with Gasteiger partial charge in [-0.1, -0.05) is 23.5 Å². The van der Waals surface area contributed by atoms with Crippen LogP contribution in [-0.4, -0.2) is 16.4 Å². The highest BCUT2D eigenvalue weighted by Crippen LogP contribution is 2.36. The van der Waals surface area contributed by atoms with E-state index >= 15 is 0 Å². The van der Waals surface area contributed by atoms with E-state index in [9.17, 15) is 22.8 Å². The molecule has 2 rings (SSSR count). The highest BCUT2D eigenvalue weighted by molar-refractivity contribution is 7.09. The topological polar surface area (TPSA) is 60.7 Å². The fourth-order valence-corrected chi connectivity index (χ4v) is 2.93. The predicted molar refractivity (Wildman–Crippen MR) is 81.3 cm³/mol. The lowest BCUT2D eigenvalue weighted by Gasteiger charge is -2.09. The summed E-state index contributed by atoms with van der Waals surface area (Å²) in [4.78, 5) is 27.4. The Morgan fingerprint density at radius 1 is 1.21 bits per heavy atom. The predicted octanol–water partition coefficient (Wildman–Crippen LogP) is 3.69. The lowest BCUT2D eigenvalue weighted by atomic mass is 10.2. The number of esters is 1. The Bertz CT molecular complexity index is 866. The van der Waals surface area contributed by atoms with Gasteiger partial charge < -0.3 is 4.74 Å². The van der Waals surface area contributed by atoms with Crippen molar-refractivity contribution in [3.05, 3.63) is 39.5 Å². The van der Waals surface area contributed by atoms with Crippen LogP contribution in [0.15, 0.2) is 29.3 Å². The number of rotatable bonds is 2. The van der Waals surface area contributed by atoms with Gasteiger partial charge in [-0.05, 0) is 19.1 Å². The molecule has 9 heteroatoms. The van der Waals surface area contributed by atoms with Crippen LogP contribution >= 0.6 is 11.3 Å². The van der Waals surface area contributed by atoms with Crippen molar-refractivity contribution in [1.82, 2.24) is 4.57 Å². The summed E-state index contributed by atoms with van der Waals surface area (Å²) in [5.74, 6) is -1.21. The van der Waals surface area contributed by atoms with E-state index in [0.717, 1.165) is 28.9 Å². The van der Waals surface area contributed by atoms with Gasteiger partial charge in [0.25, 0.3) is 0 Å². The standard InChI is InChI=1S/C15H13F3N2O3S/c1-8-13(23-10(3)22)20(9(2)21)14(24-8)19-12-7-5-4-6-11(12)15(16,17)18/h4-7H,1-3H3. The number of nitrogens with zero attached hydrogens (tertiary/aromatic N) is 2. The second kappa shape index (κ2) is 6.60. The second-order valence-corrected chi connectivity index (χ2v) is 6.00. The van der Waals surface area contributed by atoms with E-state index in [1.165, 1.54) is 25.1 Å². The summed E-state index contributed by atoms with van der Waals surface area (Å²) >= 11 is 0.956. The van der Waals surface area contributed by atoms with E-state index in [0.29, 0.717) is 4.88 Å². The number of hydrogen-bond donors (Lipinski definition) is 0. The third kappa shape index (κ3) is 3.73. The second-order valence-electron chi connectivity index (χ2n) is 4.82. The molecule has 0 amide bonds. The van der Waals surface area contributed by atoms with Gasteiger partial charge >= 0.3 is 12.1 Å². The number of aromatic nitrogens is 1. The number of para-hydroxylation sites is 1. The number of ether oxygens (including phenoxy) is 1. The molecule has 0 aliphatic rings. The Morgan fingerprint density at radius 2 is 1.83 bits per heavy atom. The van der Waals surface area contributed by atoms with Crippen molar-refractivity contribution in [1.29, 1.82) is 0 Å². The van der Waals surface area contributed by atoms with Gasteiger partial charge in [-0.15, -0.1) is 0 Å². The summed E-state index contributed by atoms with van der Waals surface area (Å²) in [6.45, 7) is 3.95. The molecule has 24 heavy (non-hydrogen) atoms. The number of benzene rings is 1. The molecule has 1 heterocycles. The number of aryl methyl sites for hydroxylation is 1. The van der Waals surface area contributed by atoms with E-state index < -0.39 is 23.6 Å². The Labute approximate surface area is 139 Å². The number of carbonyl (C=O) groups is 2. The van der Waals surface area contributed by atoms with E-state index in [4.69, 9.17) is 4.74 Å². The van der Waals surface area contributed by atoms with Crippen molar-refractivity contribution in [2.75, 3.05) is 0 Å². The van der Waals surface area contributed by atoms with E-state index in [2.05, 4.69) is 4.99 Å². The average molecular weight is 358 g/mol. The minimum absolute atomic E-state index is 0.00653. The van der Waals surface area contributed by atoms with Gasteiger partial charge in [0, 0.05) is 13.8 Å². The van der Waals surface area contributed by atoms with Crippen LogP contribution in [0.4, 0.5) is 18.9 Å². The van der Waals surface area contributed by atoms with Crippen LogP contribution in [-0.2, 0) is 11.0 Å². The van der Waals surface area contributed by atoms with Crippen molar-refractivity contribution in [3.63, 3.8) is 0 Å². The molecule has 0 spiro atoms. The van der Waals surface area contributed by atoms with Gasteiger partial charge in [-0.2, -0.15) is 13.2 Å². The zero-order chi connectivity index (χ0) is 18.1. The van der Waals surface area contributed by atoms with Gasteiger partial charge in [0.2, 0.25) is 11.8 Å². The lowest BCUT2D eigenvalue weighted by Crippen LogP contribution is -2.22. The van der Waals surface area contributed by atoms with E-state index in [1.54, 1.807) is 6.92 Å². The number of thiazole rings is 1. The van der Waals surface area contributed by atoms with Crippen LogP contribution in [0.3, 0.4) is 0 Å². The van der Waals surface area contributed by atoms with Gasteiger partial charge in [0.05, 0.1) is 16.1 Å². The van der Waals surface area contributed by atoms with E-state index in [1.807, 2.05) is 0 Å². The average Bonchev–Trinajstić information content (AvgIpc) is 2.73. The summed E-state index contributed by atoms with van der Waals surface area (Å²) in [6.07, 6.45) is -4.58. The van der Waals surface area contributed by atoms with Gasteiger partial charge in [-0.3, -0.25) is 9.59 Å². The fourth-order valence-electron chi connectivity index (χ4n) is 1.99. The van der Waals surface area contributed by atoms with Crippen LogP contribution in [0.1, 0.15) is 29.1 Å². The minimum Gasteiger partial charge on any atom is -0.408 e. The van der Waals surface area contributed by atoms with Crippen molar-refractivity contribution in [2.45, 2.75) is 26.9 Å². The third-order valence-electron chi connectivity index (χ3n) is 2.92. The number of hydrogen-bond acceptors (Lipinski definition) is 5. The first-order valence-electron chi connectivity index (χ1n) is 6.74. The summed E-state index contributed by atoms with van der Waals surface area (Å²) in [5.41, 5.74) is -1.24. The number of carbonyl (C=O) groups excluding carboxylic acids is 2. The summed E-state index contributed by atoms with van der Waals surface area (Å²) < 4.78 is 45.2. The zero-order valence-electron chi connectivity index (χ0n) is 13.0. The van der Waals surface area contributed by atoms with Gasteiger partial charge in [0.15, 0.2) is 4.80 Å². The Morgan fingerprint density at radius 3 is 2.38 bits per heavy atom. The molecule has 0 fully saturated rings. The quantitative estimate of drug-likeness (QED) is 0.769. The van der Waals surface area contributed by atoms with Gasteiger partial charge in [-0.25, -0.2) is 9.56 Å². The molecule has 0 bridgehead atoms. The smallest absolute Gasteiger partial charge is 0.408 e. The SMILES string of the molecule is CC(=O)Oc1c(C)sc(=Nc2ccccc2C(F)(F)F)n1C(C)=O. The molecular formula is C15H13F3N2O3S. The molecule has 5 nitrogen and oxygen atoms in total. The summed E-state index contributed by atoms with van der Waals surface area (Å²) in [7, 11) is 0. The first kappa shape index (κ1) is 17.9. The first-order valence-corrected chi connectivity index (χ1v) is 7.55. The molecule has 0 saturated carbocycles. The highest BCUT2D eigenvalue weighted by atomic mass is 32.1. The monoisotopic (exact) mass is 358 g/mol. The Hall–Kier alpha value is -2.42. The maximum Gasteiger partial charge on any atom is 0.418 e. The molecule has 0 saturated heterocycles. The summed E-state index contributed by atoms with van der Waals surface area (Å²) in [5, 5.41) is 0.